The van der Waals surface area contributed by atoms with Crippen molar-refractivity contribution in [2.75, 3.05) is 13.1 Å². The number of imide groups is 1. The number of nitrogens with zero attached hydrogens (tertiary/aromatic N) is 1. The lowest BCUT2D eigenvalue weighted by atomic mass is 10.2. The van der Waals surface area contributed by atoms with E-state index < -0.39 is 11.1 Å². The molecule has 27 heavy (non-hydrogen) atoms. The molecule has 1 aliphatic rings. The standard InChI is InChI=1S/C18H14Cl2N2O4S/c1-10-12(5-8-26-10)16(23)21-6-7-22-17(24)14(27-18(22)25)9-11-3-2-4-13(19)15(11)20/h2-5,8-9H,6-7H2,1H3,(H,21,23)/b14-9-. The van der Waals surface area contributed by atoms with Crippen LogP contribution in [-0.4, -0.2) is 35.0 Å². The van der Waals surface area contributed by atoms with Gasteiger partial charge in [0.05, 0.1) is 26.8 Å². The summed E-state index contributed by atoms with van der Waals surface area (Å²) in [7, 11) is 0. The number of rotatable bonds is 5. The smallest absolute Gasteiger partial charge is 0.293 e. The highest BCUT2D eigenvalue weighted by atomic mass is 35.5. The zero-order valence-corrected chi connectivity index (χ0v) is 16.5. The van der Waals surface area contributed by atoms with Gasteiger partial charge in [0, 0.05) is 13.1 Å². The predicted octanol–water partition coefficient (Wildman–Crippen LogP) is 4.36. The molecule has 6 nitrogen and oxygen atoms in total. The van der Waals surface area contributed by atoms with Crippen molar-refractivity contribution in [1.29, 1.82) is 0 Å². The molecule has 1 aromatic heterocycles. The first-order valence-corrected chi connectivity index (χ1v) is 9.47. The summed E-state index contributed by atoms with van der Waals surface area (Å²) in [6, 6.07) is 6.60. The molecule has 0 unspecified atom stereocenters. The van der Waals surface area contributed by atoms with Crippen molar-refractivity contribution in [3.8, 4) is 0 Å². The van der Waals surface area contributed by atoms with Crippen LogP contribution in [0.1, 0.15) is 21.7 Å². The minimum absolute atomic E-state index is 0.0634. The Labute approximate surface area is 169 Å². The number of hydrogen-bond acceptors (Lipinski definition) is 5. The Kier molecular flexibility index (Phi) is 5.94. The molecule has 1 fully saturated rings. The van der Waals surface area contributed by atoms with Gasteiger partial charge < -0.3 is 9.73 Å². The van der Waals surface area contributed by atoms with Crippen LogP contribution in [0.3, 0.4) is 0 Å². The lowest BCUT2D eigenvalue weighted by molar-refractivity contribution is -0.122. The van der Waals surface area contributed by atoms with E-state index in [9.17, 15) is 14.4 Å². The number of benzene rings is 1. The molecule has 3 amide bonds. The molecule has 0 saturated carbocycles. The van der Waals surface area contributed by atoms with Crippen LogP contribution in [0.5, 0.6) is 0 Å². The number of aryl methyl sites for hydroxylation is 1. The largest absolute Gasteiger partial charge is 0.469 e. The maximum Gasteiger partial charge on any atom is 0.293 e. The monoisotopic (exact) mass is 424 g/mol. The molecule has 1 N–H and O–H groups in total. The second-order valence-corrected chi connectivity index (χ2v) is 7.40. The van der Waals surface area contributed by atoms with Crippen molar-refractivity contribution in [2.24, 2.45) is 0 Å². The Bertz CT molecular complexity index is 955. The van der Waals surface area contributed by atoms with E-state index in [1.165, 1.54) is 12.3 Å². The van der Waals surface area contributed by atoms with Gasteiger partial charge in [0.25, 0.3) is 17.1 Å². The molecule has 0 bridgehead atoms. The van der Waals surface area contributed by atoms with Gasteiger partial charge >= 0.3 is 0 Å². The fraction of sp³-hybridized carbons (Fsp3) is 0.167. The van der Waals surface area contributed by atoms with E-state index in [0.717, 1.165) is 16.7 Å². The molecule has 0 aliphatic carbocycles. The highest BCUT2D eigenvalue weighted by Crippen LogP contribution is 2.34. The van der Waals surface area contributed by atoms with Crippen molar-refractivity contribution in [3.05, 3.63) is 62.4 Å². The third kappa shape index (κ3) is 4.21. The Balaban J connectivity index is 1.64. The molecule has 1 saturated heterocycles. The highest BCUT2D eigenvalue weighted by molar-refractivity contribution is 8.18. The second-order valence-electron chi connectivity index (χ2n) is 5.62. The van der Waals surface area contributed by atoms with Gasteiger partial charge in [-0.15, -0.1) is 0 Å². The topological polar surface area (TPSA) is 79.6 Å². The first-order valence-electron chi connectivity index (χ1n) is 7.90. The van der Waals surface area contributed by atoms with Gasteiger partial charge in [-0.2, -0.15) is 0 Å². The van der Waals surface area contributed by atoms with Crippen molar-refractivity contribution >= 4 is 58.1 Å². The van der Waals surface area contributed by atoms with Crippen molar-refractivity contribution < 1.29 is 18.8 Å². The quantitative estimate of drug-likeness (QED) is 0.721. The molecule has 2 aromatic rings. The summed E-state index contributed by atoms with van der Waals surface area (Å²) in [4.78, 5) is 38.0. The summed E-state index contributed by atoms with van der Waals surface area (Å²) in [6.07, 6.45) is 2.96. The Morgan fingerprint density at radius 2 is 2.07 bits per heavy atom. The second kappa shape index (κ2) is 8.21. The van der Waals surface area contributed by atoms with Crippen LogP contribution in [0.4, 0.5) is 4.79 Å². The molecule has 0 atom stereocenters. The van der Waals surface area contributed by atoms with Gasteiger partial charge in [0.1, 0.15) is 5.76 Å². The minimum atomic E-state index is -0.435. The summed E-state index contributed by atoms with van der Waals surface area (Å²) in [5.41, 5.74) is 0.970. The predicted molar refractivity (Wildman–Crippen MR) is 105 cm³/mol. The SMILES string of the molecule is Cc1occc1C(=O)NCCN1C(=O)S/C(=C\c2cccc(Cl)c2Cl)C1=O. The van der Waals surface area contributed by atoms with Crippen molar-refractivity contribution in [3.63, 3.8) is 0 Å². The third-order valence-corrected chi connectivity index (χ3v) is 5.61. The van der Waals surface area contributed by atoms with Crippen LogP contribution in [0, 0.1) is 6.92 Å². The van der Waals surface area contributed by atoms with E-state index in [0.29, 0.717) is 26.9 Å². The summed E-state index contributed by atoms with van der Waals surface area (Å²) in [6.45, 7) is 1.87. The number of nitrogens with one attached hydrogen (secondary N) is 1. The summed E-state index contributed by atoms with van der Waals surface area (Å²) >= 11 is 12.9. The van der Waals surface area contributed by atoms with Gasteiger partial charge in [0.2, 0.25) is 0 Å². The van der Waals surface area contributed by atoms with Crippen LogP contribution >= 0.6 is 35.0 Å². The molecule has 1 aromatic carbocycles. The minimum Gasteiger partial charge on any atom is -0.469 e. The first kappa shape index (κ1) is 19.5. The number of thioether (sulfide) groups is 1. The number of furan rings is 1. The van der Waals surface area contributed by atoms with Crippen molar-refractivity contribution in [2.45, 2.75) is 6.92 Å². The van der Waals surface area contributed by atoms with Gasteiger partial charge in [-0.25, -0.2) is 0 Å². The zero-order valence-electron chi connectivity index (χ0n) is 14.1. The number of carbonyl (C=O) groups is 3. The maximum atomic E-state index is 12.5. The average molecular weight is 425 g/mol. The Morgan fingerprint density at radius 1 is 1.30 bits per heavy atom. The molecular weight excluding hydrogens is 411 g/mol. The molecule has 2 heterocycles. The fourth-order valence-corrected chi connectivity index (χ4v) is 3.68. The number of carbonyl (C=O) groups excluding carboxylic acids is 3. The number of halogens is 2. The van der Waals surface area contributed by atoms with Crippen molar-refractivity contribution in [1.82, 2.24) is 10.2 Å². The highest BCUT2D eigenvalue weighted by Gasteiger charge is 2.34. The van der Waals surface area contributed by atoms with Gasteiger partial charge in [-0.3, -0.25) is 19.3 Å². The fourth-order valence-electron chi connectivity index (χ4n) is 2.46. The number of hydrogen-bond donors (Lipinski definition) is 1. The van der Waals surface area contributed by atoms with Gasteiger partial charge in [0.15, 0.2) is 0 Å². The molecule has 0 radical (unpaired) electrons. The van der Waals surface area contributed by atoms with E-state index in [4.69, 9.17) is 27.6 Å². The van der Waals surface area contributed by atoms with Crippen LogP contribution in [0.15, 0.2) is 39.9 Å². The molecule has 140 valence electrons. The van der Waals surface area contributed by atoms with E-state index in [2.05, 4.69) is 5.32 Å². The van der Waals surface area contributed by atoms with Crippen LogP contribution in [0.2, 0.25) is 10.0 Å². The lowest BCUT2D eigenvalue weighted by Crippen LogP contribution is -2.37. The van der Waals surface area contributed by atoms with Crippen LogP contribution < -0.4 is 5.32 Å². The molecule has 3 rings (SSSR count). The Morgan fingerprint density at radius 3 is 2.78 bits per heavy atom. The summed E-state index contributed by atoms with van der Waals surface area (Å²) in [5, 5.41) is 2.93. The zero-order chi connectivity index (χ0) is 19.6. The molecule has 0 spiro atoms. The summed E-state index contributed by atoms with van der Waals surface area (Å²) < 4.78 is 5.08. The number of amides is 3. The Hall–Kier alpha value is -2.22. The average Bonchev–Trinajstić information content (AvgIpc) is 3.17. The third-order valence-electron chi connectivity index (χ3n) is 3.87. The normalized spacial score (nSPS) is 15.7. The lowest BCUT2D eigenvalue weighted by Gasteiger charge is -2.12. The van der Waals surface area contributed by atoms with E-state index >= 15 is 0 Å². The molecule has 1 aliphatic heterocycles. The summed E-state index contributed by atoms with van der Waals surface area (Å²) in [5.74, 6) is -0.260. The van der Waals surface area contributed by atoms with Crippen LogP contribution in [0.25, 0.3) is 6.08 Å². The molecular formula is C18H14Cl2N2O4S. The van der Waals surface area contributed by atoms with Crippen LogP contribution in [-0.2, 0) is 4.79 Å². The first-order chi connectivity index (χ1) is 12.9. The van der Waals surface area contributed by atoms with E-state index in [-0.39, 0.29) is 23.9 Å². The molecule has 9 heteroatoms. The van der Waals surface area contributed by atoms with E-state index in [1.54, 1.807) is 31.2 Å². The van der Waals surface area contributed by atoms with Gasteiger partial charge in [-0.05, 0) is 42.5 Å². The maximum absolute atomic E-state index is 12.5. The van der Waals surface area contributed by atoms with E-state index in [1.807, 2.05) is 0 Å². The van der Waals surface area contributed by atoms with Gasteiger partial charge in [-0.1, -0.05) is 35.3 Å².